The van der Waals surface area contributed by atoms with E-state index in [1.54, 1.807) is 0 Å². The van der Waals surface area contributed by atoms with Crippen molar-refractivity contribution in [1.29, 1.82) is 0 Å². The van der Waals surface area contributed by atoms with Crippen molar-refractivity contribution in [3.05, 3.63) is 0 Å². The lowest BCUT2D eigenvalue weighted by Crippen LogP contribution is -2.60. The average molecular weight is 287 g/mol. The van der Waals surface area contributed by atoms with Crippen molar-refractivity contribution in [3.63, 3.8) is 0 Å². The van der Waals surface area contributed by atoms with Crippen molar-refractivity contribution >= 4 is 5.91 Å². The summed E-state index contributed by atoms with van der Waals surface area (Å²) < 4.78 is 10.7. The Labute approximate surface area is 122 Å². The molecule has 2 N–H and O–H groups in total. The second-order valence-electron chi connectivity index (χ2n) is 4.99. The molecule has 1 heterocycles. The Morgan fingerprint density at radius 3 is 2.15 bits per heavy atom. The zero-order valence-corrected chi connectivity index (χ0v) is 13.0. The van der Waals surface area contributed by atoms with E-state index in [1.165, 1.54) is 0 Å². The molecule has 0 aliphatic carbocycles. The fourth-order valence-electron chi connectivity index (χ4n) is 2.15. The van der Waals surface area contributed by atoms with Gasteiger partial charge in [0.15, 0.2) is 0 Å². The minimum absolute atomic E-state index is 0.129. The monoisotopic (exact) mass is 287 g/mol. The molecular formula is C14H29N3O3. The van der Waals surface area contributed by atoms with Gasteiger partial charge < -0.3 is 25.0 Å². The molecule has 1 saturated heterocycles. The summed E-state index contributed by atoms with van der Waals surface area (Å²) in [6.45, 7) is 11.3. The van der Waals surface area contributed by atoms with Gasteiger partial charge in [-0.2, -0.15) is 0 Å². The Morgan fingerprint density at radius 1 is 1.10 bits per heavy atom. The van der Waals surface area contributed by atoms with E-state index in [4.69, 9.17) is 9.47 Å². The summed E-state index contributed by atoms with van der Waals surface area (Å²) in [4.78, 5) is 14.3. The molecule has 1 aliphatic rings. The molecule has 118 valence electrons. The minimum atomic E-state index is -0.144. The van der Waals surface area contributed by atoms with E-state index >= 15 is 0 Å². The van der Waals surface area contributed by atoms with Crippen molar-refractivity contribution < 1.29 is 14.3 Å². The Hall–Kier alpha value is -0.690. The largest absolute Gasteiger partial charge is 0.380 e. The molecule has 2 unspecified atom stereocenters. The number of nitrogens with zero attached hydrogens (tertiary/aromatic N) is 1. The number of rotatable bonds is 9. The molecule has 0 spiro atoms. The number of carbonyl (C=O) groups is 1. The van der Waals surface area contributed by atoms with E-state index in [1.807, 2.05) is 18.7 Å². The van der Waals surface area contributed by atoms with Crippen LogP contribution >= 0.6 is 0 Å². The summed E-state index contributed by atoms with van der Waals surface area (Å²) in [5, 5.41) is 6.62. The molecule has 0 bridgehead atoms. The highest BCUT2D eigenvalue weighted by Crippen LogP contribution is 2.00. The van der Waals surface area contributed by atoms with E-state index in [0.717, 1.165) is 6.54 Å². The summed E-state index contributed by atoms with van der Waals surface area (Å²) >= 11 is 0. The lowest BCUT2D eigenvalue weighted by molar-refractivity contribution is -0.135. The molecule has 6 heteroatoms. The number of piperazine rings is 1. The van der Waals surface area contributed by atoms with Gasteiger partial charge in [0.05, 0.1) is 19.3 Å². The Bertz CT molecular complexity index is 258. The number of carbonyl (C=O) groups excluding carboxylic acids is 1. The van der Waals surface area contributed by atoms with Gasteiger partial charge in [-0.25, -0.2) is 0 Å². The second-order valence-corrected chi connectivity index (χ2v) is 4.99. The van der Waals surface area contributed by atoms with Crippen LogP contribution in [0.1, 0.15) is 20.8 Å². The molecule has 1 amide bonds. The fraction of sp³-hybridized carbons (Fsp3) is 0.929. The van der Waals surface area contributed by atoms with E-state index in [2.05, 4.69) is 17.6 Å². The van der Waals surface area contributed by atoms with Crippen molar-refractivity contribution in [2.75, 3.05) is 52.6 Å². The maximum absolute atomic E-state index is 12.5. The van der Waals surface area contributed by atoms with Crippen LogP contribution in [0.5, 0.6) is 0 Å². The molecule has 6 nitrogen and oxygen atoms in total. The zero-order chi connectivity index (χ0) is 14.8. The first-order chi connectivity index (χ1) is 9.69. The van der Waals surface area contributed by atoms with Crippen LogP contribution in [0.2, 0.25) is 0 Å². The standard InChI is InChI=1S/C14H29N3O3/c1-4-19-8-6-17(7-9-20-5-2)14(18)13-11-15-12(3)10-16-13/h12-13,15-16H,4-11H2,1-3H3. The van der Waals surface area contributed by atoms with Crippen LogP contribution in [0.15, 0.2) is 0 Å². The van der Waals surface area contributed by atoms with Crippen molar-refractivity contribution in [3.8, 4) is 0 Å². The van der Waals surface area contributed by atoms with Crippen LogP contribution < -0.4 is 10.6 Å². The second kappa shape index (κ2) is 10.1. The fourth-order valence-corrected chi connectivity index (χ4v) is 2.15. The van der Waals surface area contributed by atoms with E-state index in [0.29, 0.717) is 52.1 Å². The van der Waals surface area contributed by atoms with Gasteiger partial charge >= 0.3 is 0 Å². The van der Waals surface area contributed by atoms with Crippen molar-refractivity contribution in [2.45, 2.75) is 32.9 Å². The van der Waals surface area contributed by atoms with Gasteiger partial charge in [0, 0.05) is 45.4 Å². The molecule has 0 saturated carbocycles. The van der Waals surface area contributed by atoms with Gasteiger partial charge in [-0.05, 0) is 20.8 Å². The molecule has 1 rings (SSSR count). The van der Waals surface area contributed by atoms with Gasteiger partial charge in [-0.1, -0.05) is 0 Å². The normalized spacial score (nSPS) is 22.8. The Kier molecular flexibility index (Phi) is 8.77. The highest BCUT2D eigenvalue weighted by atomic mass is 16.5. The number of hydrogen-bond donors (Lipinski definition) is 2. The zero-order valence-electron chi connectivity index (χ0n) is 13.0. The summed E-state index contributed by atoms with van der Waals surface area (Å²) in [6.07, 6.45) is 0. The lowest BCUT2D eigenvalue weighted by Gasteiger charge is -2.32. The molecule has 0 aromatic carbocycles. The Balaban J connectivity index is 2.44. The minimum Gasteiger partial charge on any atom is -0.380 e. The highest BCUT2D eigenvalue weighted by molar-refractivity contribution is 5.82. The topological polar surface area (TPSA) is 62.8 Å². The van der Waals surface area contributed by atoms with Crippen molar-refractivity contribution in [1.82, 2.24) is 15.5 Å². The van der Waals surface area contributed by atoms with Crippen LogP contribution in [0.3, 0.4) is 0 Å². The van der Waals surface area contributed by atoms with Gasteiger partial charge in [-0.3, -0.25) is 4.79 Å². The molecule has 0 radical (unpaired) electrons. The molecule has 0 aromatic heterocycles. The summed E-state index contributed by atoms with van der Waals surface area (Å²) in [7, 11) is 0. The van der Waals surface area contributed by atoms with Crippen LogP contribution in [0, 0.1) is 0 Å². The molecule has 20 heavy (non-hydrogen) atoms. The van der Waals surface area contributed by atoms with Gasteiger partial charge in [-0.15, -0.1) is 0 Å². The Morgan fingerprint density at radius 2 is 1.70 bits per heavy atom. The summed E-state index contributed by atoms with van der Waals surface area (Å²) in [5.41, 5.74) is 0. The number of hydrogen-bond acceptors (Lipinski definition) is 5. The predicted molar refractivity (Wildman–Crippen MR) is 78.8 cm³/mol. The molecule has 1 fully saturated rings. The highest BCUT2D eigenvalue weighted by Gasteiger charge is 2.27. The van der Waals surface area contributed by atoms with Crippen LogP contribution in [-0.4, -0.2) is 75.5 Å². The first-order valence-corrected chi connectivity index (χ1v) is 7.60. The van der Waals surface area contributed by atoms with Gasteiger partial charge in [0.2, 0.25) is 5.91 Å². The number of amides is 1. The van der Waals surface area contributed by atoms with E-state index < -0.39 is 0 Å². The molecular weight excluding hydrogens is 258 g/mol. The number of ether oxygens (including phenoxy) is 2. The van der Waals surface area contributed by atoms with Crippen LogP contribution in [0.4, 0.5) is 0 Å². The molecule has 0 aromatic rings. The predicted octanol–water partition coefficient (Wildman–Crippen LogP) is -0.162. The molecule has 2 atom stereocenters. The van der Waals surface area contributed by atoms with E-state index in [9.17, 15) is 4.79 Å². The smallest absolute Gasteiger partial charge is 0.241 e. The van der Waals surface area contributed by atoms with Gasteiger partial charge in [0.1, 0.15) is 0 Å². The molecule has 1 aliphatic heterocycles. The third-order valence-electron chi connectivity index (χ3n) is 3.37. The lowest BCUT2D eigenvalue weighted by atomic mass is 10.1. The van der Waals surface area contributed by atoms with Gasteiger partial charge in [0.25, 0.3) is 0 Å². The maximum atomic E-state index is 12.5. The van der Waals surface area contributed by atoms with Crippen LogP contribution in [-0.2, 0) is 14.3 Å². The third kappa shape index (κ3) is 6.17. The summed E-state index contributed by atoms with van der Waals surface area (Å²) in [5.74, 6) is 0.129. The first-order valence-electron chi connectivity index (χ1n) is 7.60. The maximum Gasteiger partial charge on any atom is 0.241 e. The van der Waals surface area contributed by atoms with Crippen LogP contribution in [0.25, 0.3) is 0 Å². The quantitative estimate of drug-likeness (QED) is 0.577. The first kappa shape index (κ1) is 17.4. The number of nitrogens with one attached hydrogen (secondary N) is 2. The SMILES string of the molecule is CCOCCN(CCOCC)C(=O)C1CNC(C)CN1. The van der Waals surface area contributed by atoms with E-state index in [-0.39, 0.29) is 11.9 Å². The third-order valence-corrected chi connectivity index (χ3v) is 3.37. The van der Waals surface area contributed by atoms with Crippen molar-refractivity contribution in [2.24, 2.45) is 0 Å². The summed E-state index contributed by atoms with van der Waals surface area (Å²) in [6, 6.07) is 0.272. The average Bonchev–Trinajstić information content (AvgIpc) is 2.46.